The van der Waals surface area contributed by atoms with Crippen molar-refractivity contribution in [3.63, 3.8) is 0 Å². The minimum Gasteiger partial charge on any atom is -0.360 e. The predicted molar refractivity (Wildman–Crippen MR) is 80.4 cm³/mol. The Labute approximate surface area is 120 Å². The van der Waals surface area contributed by atoms with Crippen LogP contribution >= 0.6 is 0 Å². The fraction of sp³-hybridized carbons (Fsp3) is 0.533. The topological polar surface area (TPSA) is 44.4 Å². The number of halogens is 1. The van der Waals surface area contributed by atoms with Gasteiger partial charge < -0.3 is 15.5 Å². The number of carbonyl (C=O) groups excluding carboxylic acids is 1. The second-order valence-electron chi connectivity index (χ2n) is 4.50. The largest absolute Gasteiger partial charge is 0.360 e. The van der Waals surface area contributed by atoms with Crippen molar-refractivity contribution < 1.29 is 9.18 Å². The predicted octanol–water partition coefficient (Wildman–Crippen LogP) is 1.90. The fourth-order valence-corrected chi connectivity index (χ4v) is 2.09. The number of amides is 1. The van der Waals surface area contributed by atoms with E-state index in [4.69, 9.17) is 0 Å². The number of hydrogen-bond donors (Lipinski definition) is 2. The van der Waals surface area contributed by atoms with E-state index in [9.17, 15) is 9.18 Å². The van der Waals surface area contributed by atoms with Gasteiger partial charge in [-0.25, -0.2) is 4.39 Å². The van der Waals surface area contributed by atoms with Crippen LogP contribution < -0.4 is 15.5 Å². The van der Waals surface area contributed by atoms with Crippen molar-refractivity contribution in [2.75, 3.05) is 31.1 Å². The van der Waals surface area contributed by atoms with Crippen molar-refractivity contribution >= 4 is 11.6 Å². The molecule has 0 radical (unpaired) electrons. The molecule has 1 aromatic rings. The number of hydrogen-bond acceptors (Lipinski definition) is 3. The Morgan fingerprint density at radius 3 is 2.60 bits per heavy atom. The van der Waals surface area contributed by atoms with E-state index in [1.54, 1.807) is 11.0 Å². The Kier molecular flexibility index (Phi) is 7.01. The van der Waals surface area contributed by atoms with Crippen molar-refractivity contribution in [3.05, 3.63) is 29.6 Å². The summed E-state index contributed by atoms with van der Waals surface area (Å²) in [6.45, 7) is 8.54. The molecule has 112 valence electrons. The van der Waals surface area contributed by atoms with Gasteiger partial charge >= 0.3 is 0 Å². The molecule has 0 aliphatic carbocycles. The summed E-state index contributed by atoms with van der Waals surface area (Å²) >= 11 is 0. The lowest BCUT2D eigenvalue weighted by Gasteiger charge is -2.25. The lowest BCUT2D eigenvalue weighted by Crippen LogP contribution is -2.38. The fourth-order valence-electron chi connectivity index (χ4n) is 2.09. The van der Waals surface area contributed by atoms with Gasteiger partial charge in [-0.3, -0.25) is 4.79 Å². The zero-order chi connectivity index (χ0) is 15.0. The quantitative estimate of drug-likeness (QED) is 0.765. The van der Waals surface area contributed by atoms with Gasteiger partial charge in [-0.1, -0.05) is 19.1 Å². The summed E-state index contributed by atoms with van der Waals surface area (Å²) in [4.78, 5) is 13.5. The molecule has 5 heteroatoms. The molecule has 0 heterocycles. The highest BCUT2D eigenvalue weighted by atomic mass is 19.1. The van der Waals surface area contributed by atoms with Crippen molar-refractivity contribution in [2.45, 2.75) is 27.3 Å². The molecule has 0 unspecified atom stereocenters. The molecule has 1 aromatic carbocycles. The third-order valence-electron chi connectivity index (χ3n) is 3.04. The molecule has 2 N–H and O–H groups in total. The summed E-state index contributed by atoms with van der Waals surface area (Å²) in [7, 11) is 0. The first-order valence-electron chi connectivity index (χ1n) is 7.13. The van der Waals surface area contributed by atoms with Crippen molar-refractivity contribution in [2.24, 2.45) is 0 Å². The number of benzene rings is 1. The summed E-state index contributed by atoms with van der Waals surface area (Å²) in [5.41, 5.74) is 1.39. The normalized spacial score (nSPS) is 10.4. The van der Waals surface area contributed by atoms with Gasteiger partial charge in [0.2, 0.25) is 5.91 Å². The van der Waals surface area contributed by atoms with Crippen LogP contribution in [-0.2, 0) is 11.3 Å². The number of nitrogens with one attached hydrogen (secondary N) is 2. The average Bonchev–Trinajstić information content (AvgIpc) is 2.43. The zero-order valence-electron chi connectivity index (χ0n) is 12.5. The minimum atomic E-state index is -0.286. The van der Waals surface area contributed by atoms with E-state index in [1.807, 2.05) is 26.8 Å². The Hall–Kier alpha value is -1.62. The SMILES string of the molecule is CCNCc1cccc(F)c1N(CC)CC(=O)NCC. The first-order valence-corrected chi connectivity index (χ1v) is 7.13. The second-order valence-corrected chi connectivity index (χ2v) is 4.50. The summed E-state index contributed by atoms with van der Waals surface area (Å²) < 4.78 is 14.1. The van der Waals surface area contributed by atoms with Crippen LogP contribution in [0.2, 0.25) is 0 Å². The lowest BCUT2D eigenvalue weighted by molar-refractivity contribution is -0.119. The summed E-state index contributed by atoms with van der Waals surface area (Å²) in [5.74, 6) is -0.376. The first kappa shape index (κ1) is 16.4. The van der Waals surface area contributed by atoms with Gasteiger partial charge in [0.1, 0.15) is 5.82 Å². The molecule has 0 aliphatic rings. The standard InChI is InChI=1S/C15H24FN3O/c1-4-17-10-12-8-7-9-13(16)15(12)19(6-3)11-14(20)18-5-2/h7-9,17H,4-6,10-11H2,1-3H3,(H,18,20). The third kappa shape index (κ3) is 4.49. The van der Waals surface area contributed by atoms with Crippen LogP contribution in [0, 0.1) is 5.82 Å². The third-order valence-corrected chi connectivity index (χ3v) is 3.04. The van der Waals surface area contributed by atoms with Crippen LogP contribution in [0.4, 0.5) is 10.1 Å². The molecule has 0 saturated carbocycles. The van der Waals surface area contributed by atoms with Gasteiger partial charge in [-0.05, 0) is 32.0 Å². The van der Waals surface area contributed by atoms with E-state index >= 15 is 0 Å². The van der Waals surface area contributed by atoms with Crippen molar-refractivity contribution in [1.82, 2.24) is 10.6 Å². The maximum Gasteiger partial charge on any atom is 0.239 e. The van der Waals surface area contributed by atoms with E-state index in [2.05, 4.69) is 10.6 Å². The van der Waals surface area contributed by atoms with E-state index in [1.165, 1.54) is 6.07 Å². The number of para-hydroxylation sites is 1. The number of carbonyl (C=O) groups is 1. The molecular weight excluding hydrogens is 257 g/mol. The second kappa shape index (κ2) is 8.53. The van der Waals surface area contributed by atoms with Crippen molar-refractivity contribution in [3.8, 4) is 0 Å². The Balaban J connectivity index is 2.97. The summed E-state index contributed by atoms with van der Waals surface area (Å²) in [5, 5.41) is 5.94. The average molecular weight is 281 g/mol. The van der Waals surface area contributed by atoms with Crippen LogP contribution in [0.15, 0.2) is 18.2 Å². The maximum absolute atomic E-state index is 14.1. The molecule has 0 bridgehead atoms. The van der Waals surface area contributed by atoms with Crippen LogP contribution in [0.25, 0.3) is 0 Å². The Bertz CT molecular complexity index is 437. The number of nitrogens with zero attached hydrogens (tertiary/aromatic N) is 1. The van der Waals surface area contributed by atoms with E-state index < -0.39 is 0 Å². The number of anilines is 1. The highest BCUT2D eigenvalue weighted by Crippen LogP contribution is 2.24. The molecule has 0 aliphatic heterocycles. The summed E-state index contributed by atoms with van der Waals surface area (Å²) in [6, 6.07) is 5.03. The smallest absolute Gasteiger partial charge is 0.239 e. The van der Waals surface area contributed by atoms with Crippen LogP contribution in [0.3, 0.4) is 0 Å². The van der Waals surface area contributed by atoms with Crippen LogP contribution in [-0.4, -0.2) is 32.1 Å². The van der Waals surface area contributed by atoms with Gasteiger partial charge in [0.25, 0.3) is 0 Å². The van der Waals surface area contributed by atoms with Gasteiger partial charge in [-0.2, -0.15) is 0 Å². The van der Waals surface area contributed by atoms with Gasteiger partial charge in [0.05, 0.1) is 12.2 Å². The van der Waals surface area contributed by atoms with Gasteiger partial charge in [0, 0.05) is 19.6 Å². The van der Waals surface area contributed by atoms with Crippen LogP contribution in [0.5, 0.6) is 0 Å². The number of likely N-dealkylation sites (N-methyl/N-ethyl adjacent to an activating group) is 2. The maximum atomic E-state index is 14.1. The molecular formula is C15H24FN3O. The Morgan fingerprint density at radius 2 is 2.00 bits per heavy atom. The minimum absolute atomic E-state index is 0.0907. The van der Waals surface area contributed by atoms with Crippen LogP contribution in [0.1, 0.15) is 26.3 Å². The molecule has 20 heavy (non-hydrogen) atoms. The molecule has 0 saturated heterocycles. The molecule has 1 rings (SSSR count). The molecule has 4 nitrogen and oxygen atoms in total. The van der Waals surface area contributed by atoms with E-state index in [-0.39, 0.29) is 18.3 Å². The molecule has 0 spiro atoms. The highest BCUT2D eigenvalue weighted by Gasteiger charge is 2.17. The lowest BCUT2D eigenvalue weighted by atomic mass is 10.1. The van der Waals surface area contributed by atoms with Gasteiger partial charge in [-0.15, -0.1) is 0 Å². The first-order chi connectivity index (χ1) is 9.63. The van der Waals surface area contributed by atoms with Gasteiger partial charge in [0.15, 0.2) is 0 Å². The molecule has 0 aromatic heterocycles. The zero-order valence-corrected chi connectivity index (χ0v) is 12.5. The molecule has 0 atom stereocenters. The number of rotatable bonds is 8. The van der Waals surface area contributed by atoms with E-state index in [0.29, 0.717) is 25.3 Å². The molecule has 1 amide bonds. The monoisotopic (exact) mass is 281 g/mol. The highest BCUT2D eigenvalue weighted by molar-refractivity contribution is 5.81. The molecule has 0 fully saturated rings. The van der Waals surface area contributed by atoms with E-state index in [0.717, 1.165) is 12.1 Å². The van der Waals surface area contributed by atoms with Crippen molar-refractivity contribution in [1.29, 1.82) is 0 Å². The summed E-state index contributed by atoms with van der Waals surface area (Å²) in [6.07, 6.45) is 0. The Morgan fingerprint density at radius 1 is 1.25 bits per heavy atom.